The highest BCUT2D eigenvalue weighted by molar-refractivity contribution is 6.37. The number of nitrogens with zero attached hydrogens (tertiary/aromatic N) is 4. The average molecular weight is 592 g/mol. The molecule has 0 bridgehead atoms. The van der Waals surface area contributed by atoms with Gasteiger partial charge >= 0.3 is 0 Å². The summed E-state index contributed by atoms with van der Waals surface area (Å²) in [5.74, 6) is -0.126. The predicted octanol–water partition coefficient (Wildman–Crippen LogP) is 6.11. The van der Waals surface area contributed by atoms with E-state index in [2.05, 4.69) is 15.4 Å². The zero-order chi connectivity index (χ0) is 28.4. The first-order valence-electron chi connectivity index (χ1n) is 13.3. The summed E-state index contributed by atoms with van der Waals surface area (Å²) in [6.45, 7) is 4.83. The molecule has 4 aromatic rings. The number of hydrogen-bond acceptors (Lipinski definition) is 8. The number of nitrogens with two attached hydrogens (primary N) is 1. The highest BCUT2D eigenvalue weighted by atomic mass is 35.5. The van der Waals surface area contributed by atoms with Crippen molar-refractivity contribution in [3.63, 3.8) is 0 Å². The summed E-state index contributed by atoms with van der Waals surface area (Å²) < 4.78 is 34.8. The zero-order valence-corrected chi connectivity index (χ0v) is 24.2. The minimum absolute atomic E-state index is 0.120. The number of rotatable bonds is 10. The van der Waals surface area contributed by atoms with Gasteiger partial charge < -0.3 is 29.8 Å². The van der Waals surface area contributed by atoms with Crippen LogP contribution in [0.4, 0.5) is 10.2 Å². The molecule has 40 heavy (non-hydrogen) atoms. The minimum atomic E-state index is -0.800. The number of hydrogen-bond donors (Lipinski definition) is 2. The second-order valence-electron chi connectivity index (χ2n) is 10.2. The molecule has 4 heterocycles. The van der Waals surface area contributed by atoms with E-state index in [9.17, 15) is 4.39 Å². The first-order valence-corrected chi connectivity index (χ1v) is 14.0. The largest absolute Gasteiger partial charge is 0.492 e. The second kappa shape index (κ2) is 12.2. The Morgan fingerprint density at radius 3 is 2.77 bits per heavy atom. The number of ether oxygens (including phenoxy) is 2. The van der Waals surface area contributed by atoms with Gasteiger partial charge in [0.15, 0.2) is 11.4 Å². The van der Waals surface area contributed by atoms with E-state index in [1.165, 1.54) is 6.07 Å². The number of piperidine rings is 1. The molecule has 1 atom stereocenters. The van der Waals surface area contributed by atoms with Crippen molar-refractivity contribution in [1.29, 1.82) is 0 Å². The highest BCUT2D eigenvalue weighted by Crippen LogP contribution is 2.44. The third-order valence-electron chi connectivity index (χ3n) is 7.06. The highest BCUT2D eigenvalue weighted by Gasteiger charge is 2.26. The van der Waals surface area contributed by atoms with Crippen molar-refractivity contribution in [2.75, 3.05) is 46.1 Å². The third kappa shape index (κ3) is 5.85. The molecular weight excluding hydrogens is 558 g/mol. The van der Waals surface area contributed by atoms with E-state index in [4.69, 9.17) is 42.8 Å². The Hall–Kier alpha value is -3.05. The third-order valence-corrected chi connectivity index (χ3v) is 7.84. The smallest absolute Gasteiger partial charge is 0.205 e. The topological polar surface area (TPSA) is 104 Å². The first kappa shape index (κ1) is 28.5. The van der Waals surface area contributed by atoms with Gasteiger partial charge in [0.25, 0.3) is 0 Å². The molecule has 0 amide bonds. The van der Waals surface area contributed by atoms with Gasteiger partial charge in [-0.15, -0.1) is 0 Å². The van der Waals surface area contributed by atoms with Crippen LogP contribution in [0.15, 0.2) is 35.3 Å². The summed E-state index contributed by atoms with van der Waals surface area (Å²) >= 11 is 13.0. The van der Waals surface area contributed by atoms with Gasteiger partial charge in [0.05, 0.1) is 34.3 Å². The van der Waals surface area contributed by atoms with Crippen LogP contribution in [-0.2, 0) is 0 Å². The molecule has 1 saturated heterocycles. The molecule has 1 fully saturated rings. The Morgan fingerprint density at radius 1 is 1.25 bits per heavy atom. The summed E-state index contributed by atoms with van der Waals surface area (Å²) in [5, 5.41) is 8.70. The molecule has 0 radical (unpaired) electrons. The van der Waals surface area contributed by atoms with Crippen LogP contribution in [0.3, 0.4) is 0 Å². The van der Waals surface area contributed by atoms with Gasteiger partial charge in [-0.05, 0) is 53.4 Å². The fourth-order valence-electron chi connectivity index (χ4n) is 4.93. The molecular formula is C28H33Cl2FN6O3. The molecule has 3 aromatic heterocycles. The standard InChI is InChI=1S/C28H33Cl2FN6O3/c1-16(23-24(29)21(31)11-22(25(23)30)38-10-4-9-36(2)3)40-27-26-19(13-34-28(27)32)20(15-39-26)17-12-35-37(14-17)18-5-7-33-8-6-18/h11-16,18,33H,4-10H2,1-3H3,(H2,32,34). The van der Waals surface area contributed by atoms with E-state index in [1.807, 2.05) is 36.1 Å². The maximum absolute atomic E-state index is 14.8. The summed E-state index contributed by atoms with van der Waals surface area (Å²) in [6, 6.07) is 1.54. The van der Waals surface area contributed by atoms with Crippen LogP contribution >= 0.6 is 23.2 Å². The zero-order valence-electron chi connectivity index (χ0n) is 22.7. The summed E-state index contributed by atoms with van der Waals surface area (Å²) in [6.07, 6.45) is 9.11. The molecule has 0 saturated carbocycles. The number of aromatic nitrogens is 3. The number of fused-ring (bicyclic) bond motifs is 1. The summed E-state index contributed by atoms with van der Waals surface area (Å²) in [5.41, 5.74) is 8.59. The van der Waals surface area contributed by atoms with Gasteiger partial charge in [-0.2, -0.15) is 5.10 Å². The summed E-state index contributed by atoms with van der Waals surface area (Å²) in [4.78, 5) is 6.38. The van der Waals surface area contributed by atoms with Crippen molar-refractivity contribution in [2.45, 2.75) is 38.3 Å². The lowest BCUT2D eigenvalue weighted by molar-refractivity contribution is 0.226. The van der Waals surface area contributed by atoms with E-state index in [0.717, 1.165) is 50.0 Å². The number of nitrogen functional groups attached to an aromatic ring is 1. The maximum atomic E-state index is 14.8. The van der Waals surface area contributed by atoms with E-state index in [-0.39, 0.29) is 32.9 Å². The number of halogens is 3. The summed E-state index contributed by atoms with van der Waals surface area (Å²) in [7, 11) is 3.94. The van der Waals surface area contributed by atoms with E-state index in [1.54, 1.807) is 19.4 Å². The van der Waals surface area contributed by atoms with Crippen LogP contribution in [0.1, 0.15) is 43.9 Å². The lowest BCUT2D eigenvalue weighted by Gasteiger charge is -2.22. The van der Waals surface area contributed by atoms with Crippen LogP contribution in [0.2, 0.25) is 10.0 Å². The Balaban J connectivity index is 1.41. The van der Waals surface area contributed by atoms with Crippen molar-refractivity contribution >= 4 is 40.0 Å². The molecule has 0 aliphatic carbocycles. The first-order chi connectivity index (χ1) is 19.2. The molecule has 1 unspecified atom stereocenters. The number of furan rings is 1. The van der Waals surface area contributed by atoms with Gasteiger partial charge in [-0.1, -0.05) is 23.2 Å². The Bertz CT molecular complexity index is 1480. The molecule has 1 aliphatic heterocycles. The van der Waals surface area contributed by atoms with Crippen LogP contribution in [-0.4, -0.2) is 60.0 Å². The number of anilines is 1. The van der Waals surface area contributed by atoms with Crippen molar-refractivity contribution in [3.8, 4) is 22.6 Å². The van der Waals surface area contributed by atoms with Crippen LogP contribution in [0.5, 0.6) is 11.5 Å². The molecule has 3 N–H and O–H groups in total. The molecule has 214 valence electrons. The molecule has 9 nitrogen and oxygen atoms in total. The maximum Gasteiger partial charge on any atom is 0.205 e. The SMILES string of the molecule is CC(Oc1c(N)ncc2c(-c3cnn(C4CCNCC4)c3)coc12)c1c(Cl)c(F)cc(OCCCN(C)C)c1Cl. The van der Waals surface area contributed by atoms with E-state index in [0.29, 0.717) is 23.6 Å². The Kier molecular flexibility index (Phi) is 8.70. The normalized spacial score (nSPS) is 15.2. The fraction of sp³-hybridized carbons (Fsp3) is 0.429. The molecule has 12 heteroatoms. The molecule has 5 rings (SSSR count). The second-order valence-corrected chi connectivity index (χ2v) is 11.0. The van der Waals surface area contributed by atoms with Gasteiger partial charge in [0.2, 0.25) is 5.75 Å². The van der Waals surface area contributed by atoms with Gasteiger partial charge in [-0.3, -0.25) is 4.68 Å². The Labute approximate surface area is 242 Å². The monoisotopic (exact) mass is 590 g/mol. The molecule has 0 spiro atoms. The van der Waals surface area contributed by atoms with Gasteiger partial charge in [0, 0.05) is 41.7 Å². The Morgan fingerprint density at radius 2 is 2.02 bits per heavy atom. The van der Waals surface area contributed by atoms with Gasteiger partial charge in [-0.25, -0.2) is 9.37 Å². The van der Waals surface area contributed by atoms with Crippen LogP contribution < -0.4 is 20.5 Å². The number of benzene rings is 1. The van der Waals surface area contributed by atoms with E-state index < -0.39 is 11.9 Å². The van der Waals surface area contributed by atoms with Gasteiger partial charge in [0.1, 0.15) is 23.9 Å². The predicted molar refractivity (Wildman–Crippen MR) is 155 cm³/mol. The quantitative estimate of drug-likeness (QED) is 0.168. The average Bonchev–Trinajstić information content (AvgIpc) is 3.59. The van der Waals surface area contributed by atoms with Crippen LogP contribution in [0.25, 0.3) is 22.1 Å². The lowest BCUT2D eigenvalue weighted by atomic mass is 10.1. The van der Waals surface area contributed by atoms with E-state index >= 15 is 0 Å². The molecule has 1 aliphatic rings. The van der Waals surface area contributed by atoms with Crippen LogP contribution in [0, 0.1) is 5.82 Å². The molecule has 1 aromatic carbocycles. The number of nitrogens with one attached hydrogen (secondary N) is 1. The van der Waals surface area contributed by atoms with Crippen molar-refractivity contribution in [2.24, 2.45) is 0 Å². The fourth-order valence-corrected chi connectivity index (χ4v) is 5.63. The van der Waals surface area contributed by atoms with Crippen molar-refractivity contribution in [1.82, 2.24) is 25.0 Å². The number of pyridine rings is 1. The van der Waals surface area contributed by atoms with Crippen molar-refractivity contribution in [3.05, 3.63) is 52.3 Å². The van der Waals surface area contributed by atoms with Crippen molar-refractivity contribution < 1.29 is 18.3 Å². The lowest BCUT2D eigenvalue weighted by Crippen LogP contribution is -2.29. The minimum Gasteiger partial charge on any atom is -0.492 e.